The first-order chi connectivity index (χ1) is 8.34. The number of hydrogen-bond acceptors (Lipinski definition) is 2. The molecule has 0 aromatic heterocycles. The molecule has 0 radical (unpaired) electrons. The van der Waals surface area contributed by atoms with E-state index in [9.17, 15) is 18.0 Å². The summed E-state index contributed by atoms with van der Waals surface area (Å²) in [4.78, 5) is 11.1. The van der Waals surface area contributed by atoms with Crippen LogP contribution in [0.3, 0.4) is 0 Å². The van der Waals surface area contributed by atoms with Crippen molar-refractivity contribution in [3.8, 4) is 0 Å². The summed E-state index contributed by atoms with van der Waals surface area (Å²) < 4.78 is 42.0. The summed E-state index contributed by atoms with van der Waals surface area (Å²) in [6.45, 7) is 1.97. The Bertz CT molecular complexity index is 430. The minimum atomic E-state index is -4.46. The number of carbonyl (C=O) groups is 1. The predicted octanol–water partition coefficient (Wildman–Crippen LogP) is 3.85. The van der Waals surface area contributed by atoms with Gasteiger partial charge in [-0.05, 0) is 31.0 Å². The maximum absolute atomic E-state index is 12.4. The molecule has 1 aromatic rings. The molecule has 0 aliphatic rings. The summed E-state index contributed by atoms with van der Waals surface area (Å²) in [6, 6.07) is 3.46. The monoisotopic (exact) mass is 280 g/mol. The molecular formula is C12H12ClF3O2. The summed E-state index contributed by atoms with van der Waals surface area (Å²) in [5.41, 5.74) is -0.301. The van der Waals surface area contributed by atoms with Gasteiger partial charge in [0, 0.05) is 6.42 Å². The Morgan fingerprint density at radius 3 is 2.56 bits per heavy atom. The lowest BCUT2D eigenvalue weighted by Crippen LogP contribution is -2.07. The van der Waals surface area contributed by atoms with Crippen molar-refractivity contribution in [1.29, 1.82) is 0 Å². The average molecular weight is 281 g/mol. The Labute approximate surface area is 108 Å². The molecule has 100 valence electrons. The number of esters is 1. The van der Waals surface area contributed by atoms with Crippen molar-refractivity contribution in [2.45, 2.75) is 25.9 Å². The van der Waals surface area contributed by atoms with E-state index in [0.29, 0.717) is 12.0 Å². The van der Waals surface area contributed by atoms with Gasteiger partial charge in [-0.25, -0.2) is 0 Å². The quantitative estimate of drug-likeness (QED) is 0.783. The molecule has 0 N–H and O–H groups in total. The second kappa shape index (κ2) is 6.09. The number of carbonyl (C=O) groups excluding carboxylic acids is 1. The number of rotatable bonds is 4. The summed E-state index contributed by atoms with van der Waals surface area (Å²) >= 11 is 5.55. The van der Waals surface area contributed by atoms with Crippen molar-refractivity contribution in [2.24, 2.45) is 0 Å². The van der Waals surface area contributed by atoms with Crippen molar-refractivity contribution >= 4 is 17.6 Å². The SMILES string of the molecule is CCOC(=O)CCc1ccc(C(F)(F)F)c(Cl)c1. The van der Waals surface area contributed by atoms with E-state index in [0.717, 1.165) is 6.07 Å². The highest BCUT2D eigenvalue weighted by molar-refractivity contribution is 6.31. The number of hydrogen-bond donors (Lipinski definition) is 0. The fraction of sp³-hybridized carbons (Fsp3) is 0.417. The normalized spacial score (nSPS) is 11.4. The Morgan fingerprint density at radius 2 is 2.06 bits per heavy atom. The molecule has 2 nitrogen and oxygen atoms in total. The maximum Gasteiger partial charge on any atom is 0.417 e. The van der Waals surface area contributed by atoms with Crippen LogP contribution in [0.25, 0.3) is 0 Å². The van der Waals surface area contributed by atoms with E-state index in [1.54, 1.807) is 6.92 Å². The maximum atomic E-state index is 12.4. The molecule has 0 saturated carbocycles. The fourth-order valence-corrected chi connectivity index (χ4v) is 1.73. The van der Waals surface area contributed by atoms with Gasteiger partial charge in [-0.15, -0.1) is 0 Å². The lowest BCUT2D eigenvalue weighted by Gasteiger charge is -2.10. The van der Waals surface area contributed by atoms with Gasteiger partial charge in [0.05, 0.1) is 17.2 Å². The molecule has 1 aromatic carbocycles. The molecule has 0 aliphatic heterocycles. The Morgan fingerprint density at radius 1 is 1.39 bits per heavy atom. The number of ether oxygens (including phenoxy) is 1. The van der Waals surface area contributed by atoms with Crippen LogP contribution in [-0.2, 0) is 22.1 Å². The first-order valence-electron chi connectivity index (χ1n) is 5.36. The van der Waals surface area contributed by atoms with Crippen molar-refractivity contribution in [2.75, 3.05) is 6.61 Å². The molecule has 0 atom stereocenters. The summed E-state index contributed by atoms with van der Waals surface area (Å²) in [5.74, 6) is -0.381. The van der Waals surface area contributed by atoms with Crippen LogP contribution in [0.1, 0.15) is 24.5 Å². The molecule has 18 heavy (non-hydrogen) atoms. The van der Waals surface area contributed by atoms with Gasteiger partial charge in [0.25, 0.3) is 0 Å². The highest BCUT2D eigenvalue weighted by Gasteiger charge is 2.32. The van der Waals surface area contributed by atoms with Gasteiger partial charge in [0.15, 0.2) is 0 Å². The predicted molar refractivity (Wildman–Crippen MR) is 61.4 cm³/mol. The van der Waals surface area contributed by atoms with Crippen LogP contribution in [0, 0.1) is 0 Å². The van der Waals surface area contributed by atoms with Crippen LogP contribution >= 0.6 is 11.6 Å². The first-order valence-corrected chi connectivity index (χ1v) is 5.73. The molecule has 0 unspecified atom stereocenters. The zero-order chi connectivity index (χ0) is 13.8. The minimum absolute atomic E-state index is 0.121. The third-order valence-corrected chi connectivity index (χ3v) is 2.57. The standard InChI is InChI=1S/C12H12ClF3O2/c1-2-18-11(17)6-4-8-3-5-9(10(13)7-8)12(14,15)16/h3,5,7H,2,4,6H2,1H3. The van der Waals surface area contributed by atoms with Crippen molar-refractivity contribution in [1.82, 2.24) is 0 Å². The summed E-state index contributed by atoms with van der Waals surface area (Å²) in [7, 11) is 0. The number of alkyl halides is 3. The molecule has 0 aliphatic carbocycles. The van der Waals surface area contributed by atoms with E-state index >= 15 is 0 Å². The molecular weight excluding hydrogens is 269 g/mol. The third-order valence-electron chi connectivity index (χ3n) is 2.26. The molecule has 0 spiro atoms. The second-order valence-corrected chi connectivity index (χ2v) is 4.02. The van der Waals surface area contributed by atoms with E-state index in [4.69, 9.17) is 16.3 Å². The van der Waals surface area contributed by atoms with Crippen LogP contribution in [0.2, 0.25) is 5.02 Å². The van der Waals surface area contributed by atoms with Gasteiger partial charge in [0.1, 0.15) is 0 Å². The Balaban J connectivity index is 2.71. The molecule has 0 fully saturated rings. The minimum Gasteiger partial charge on any atom is -0.466 e. The topological polar surface area (TPSA) is 26.3 Å². The van der Waals surface area contributed by atoms with Crippen LogP contribution in [0.5, 0.6) is 0 Å². The van der Waals surface area contributed by atoms with Crippen LogP contribution in [0.15, 0.2) is 18.2 Å². The van der Waals surface area contributed by atoms with Gasteiger partial charge < -0.3 is 4.74 Å². The zero-order valence-corrected chi connectivity index (χ0v) is 10.4. The van der Waals surface area contributed by atoms with Gasteiger partial charge in [-0.3, -0.25) is 4.79 Å². The molecule has 0 heterocycles. The number of halogens is 4. The highest BCUT2D eigenvalue weighted by atomic mass is 35.5. The highest BCUT2D eigenvalue weighted by Crippen LogP contribution is 2.35. The van der Waals surface area contributed by atoms with Crippen LogP contribution in [0.4, 0.5) is 13.2 Å². The molecule has 0 amide bonds. The number of benzene rings is 1. The largest absolute Gasteiger partial charge is 0.466 e. The smallest absolute Gasteiger partial charge is 0.417 e. The van der Waals surface area contributed by atoms with Crippen molar-refractivity contribution in [3.05, 3.63) is 34.3 Å². The van der Waals surface area contributed by atoms with Gasteiger partial charge >= 0.3 is 12.1 Å². The molecule has 1 rings (SSSR count). The molecule has 0 bridgehead atoms. The second-order valence-electron chi connectivity index (χ2n) is 3.62. The van der Waals surface area contributed by atoms with Crippen LogP contribution < -0.4 is 0 Å². The molecule has 6 heteroatoms. The van der Waals surface area contributed by atoms with Gasteiger partial charge in [-0.1, -0.05) is 17.7 Å². The van der Waals surface area contributed by atoms with E-state index in [1.165, 1.54) is 12.1 Å². The fourth-order valence-electron chi connectivity index (χ4n) is 1.42. The van der Waals surface area contributed by atoms with E-state index in [1.807, 2.05) is 0 Å². The van der Waals surface area contributed by atoms with Crippen molar-refractivity contribution in [3.63, 3.8) is 0 Å². The summed E-state index contributed by atoms with van der Waals surface area (Å²) in [5, 5.41) is -0.358. The molecule has 0 saturated heterocycles. The zero-order valence-electron chi connectivity index (χ0n) is 9.68. The van der Waals surface area contributed by atoms with Crippen molar-refractivity contribution < 1.29 is 22.7 Å². The third kappa shape index (κ3) is 4.22. The van der Waals surface area contributed by atoms with E-state index in [-0.39, 0.29) is 24.0 Å². The Kier molecular flexibility index (Phi) is 5.02. The van der Waals surface area contributed by atoms with Gasteiger partial charge in [0.2, 0.25) is 0 Å². The number of aryl methyl sites for hydroxylation is 1. The van der Waals surface area contributed by atoms with Gasteiger partial charge in [-0.2, -0.15) is 13.2 Å². The van der Waals surface area contributed by atoms with E-state index in [2.05, 4.69) is 0 Å². The van der Waals surface area contributed by atoms with Crippen LogP contribution in [-0.4, -0.2) is 12.6 Å². The average Bonchev–Trinajstić information content (AvgIpc) is 2.25. The lowest BCUT2D eigenvalue weighted by atomic mass is 10.1. The lowest BCUT2D eigenvalue weighted by molar-refractivity contribution is -0.143. The Hall–Kier alpha value is -1.23. The summed E-state index contributed by atoms with van der Waals surface area (Å²) in [6.07, 6.45) is -4.04. The first kappa shape index (κ1) is 14.8. The van der Waals surface area contributed by atoms with E-state index < -0.39 is 11.7 Å².